The van der Waals surface area contributed by atoms with E-state index in [0.717, 1.165) is 31.7 Å². The summed E-state index contributed by atoms with van der Waals surface area (Å²) >= 11 is 0. The zero-order valence-electron chi connectivity index (χ0n) is 13.5. The summed E-state index contributed by atoms with van der Waals surface area (Å²) in [6.07, 6.45) is 3.24. The van der Waals surface area contributed by atoms with Crippen molar-refractivity contribution in [3.63, 3.8) is 0 Å². The molecule has 0 atom stereocenters. The van der Waals surface area contributed by atoms with Crippen LogP contribution in [0.1, 0.15) is 5.56 Å². The van der Waals surface area contributed by atoms with Crippen molar-refractivity contribution < 1.29 is 0 Å². The quantitative estimate of drug-likeness (QED) is 0.771. The summed E-state index contributed by atoms with van der Waals surface area (Å²) in [7, 11) is 2.12. The van der Waals surface area contributed by atoms with Gasteiger partial charge in [-0.15, -0.1) is 0 Å². The Morgan fingerprint density at radius 3 is 2.57 bits per heavy atom. The number of nitrogens with one attached hydrogen (secondary N) is 2. The van der Waals surface area contributed by atoms with E-state index in [1.165, 1.54) is 6.33 Å². The van der Waals surface area contributed by atoms with Crippen molar-refractivity contribution in [3.8, 4) is 0 Å². The first-order chi connectivity index (χ1) is 11.1. The Hall–Kier alpha value is -2.45. The van der Waals surface area contributed by atoms with Gasteiger partial charge in [0.1, 0.15) is 17.8 Å². The van der Waals surface area contributed by atoms with Crippen molar-refractivity contribution >= 4 is 23.1 Å². The molecule has 0 aromatic carbocycles. The van der Waals surface area contributed by atoms with Crippen molar-refractivity contribution in [2.45, 2.75) is 6.92 Å². The van der Waals surface area contributed by atoms with Gasteiger partial charge in [0.15, 0.2) is 11.6 Å². The monoisotopic (exact) mass is 314 g/mol. The van der Waals surface area contributed by atoms with Crippen LogP contribution in [0.3, 0.4) is 0 Å². The third-order valence-corrected chi connectivity index (χ3v) is 3.81. The van der Waals surface area contributed by atoms with Gasteiger partial charge in [-0.2, -0.15) is 0 Å². The predicted octanol–water partition coefficient (Wildman–Crippen LogP) is 1.08. The number of aryl methyl sites for hydroxylation is 1. The molecular weight excluding hydrogens is 292 g/mol. The van der Waals surface area contributed by atoms with Gasteiger partial charge in [0.2, 0.25) is 0 Å². The zero-order valence-corrected chi connectivity index (χ0v) is 13.5. The van der Waals surface area contributed by atoms with Crippen LogP contribution in [0.2, 0.25) is 0 Å². The van der Waals surface area contributed by atoms with Gasteiger partial charge in [-0.1, -0.05) is 0 Å². The highest BCUT2D eigenvalue weighted by molar-refractivity contribution is 5.76. The summed E-state index contributed by atoms with van der Waals surface area (Å²) in [6.45, 7) is 5.87. The molecule has 8 nitrogen and oxygen atoms in total. The molecule has 2 aromatic rings. The minimum Gasteiger partial charge on any atom is -0.393 e. The van der Waals surface area contributed by atoms with Crippen LogP contribution in [-0.2, 0) is 0 Å². The molecule has 4 N–H and O–H groups in total. The van der Waals surface area contributed by atoms with E-state index in [2.05, 4.69) is 42.7 Å². The highest BCUT2D eigenvalue weighted by Crippen LogP contribution is 2.25. The molecule has 3 rings (SSSR count). The van der Waals surface area contributed by atoms with Crippen LogP contribution in [0.4, 0.5) is 23.1 Å². The van der Waals surface area contributed by atoms with Crippen molar-refractivity contribution in [2.24, 2.45) is 0 Å². The second-order valence-corrected chi connectivity index (χ2v) is 5.73. The van der Waals surface area contributed by atoms with Crippen LogP contribution in [0.15, 0.2) is 24.7 Å². The maximum Gasteiger partial charge on any atom is 0.169 e. The lowest BCUT2D eigenvalue weighted by Crippen LogP contribution is -2.47. The van der Waals surface area contributed by atoms with Crippen LogP contribution < -0.4 is 16.5 Å². The molecule has 23 heavy (non-hydrogen) atoms. The van der Waals surface area contributed by atoms with Gasteiger partial charge in [-0.3, -0.25) is 0 Å². The van der Waals surface area contributed by atoms with Crippen molar-refractivity contribution in [2.75, 3.05) is 49.7 Å². The first-order valence-electron chi connectivity index (χ1n) is 7.62. The number of hydrogen-bond acceptors (Lipinski definition) is 8. The number of nitrogen functional groups attached to an aromatic ring is 1. The molecule has 0 radical (unpaired) electrons. The van der Waals surface area contributed by atoms with E-state index in [4.69, 9.17) is 5.73 Å². The van der Waals surface area contributed by atoms with Crippen molar-refractivity contribution in [1.29, 1.82) is 0 Å². The van der Waals surface area contributed by atoms with Gasteiger partial charge in [0, 0.05) is 32.4 Å². The minimum atomic E-state index is 0.481. The van der Waals surface area contributed by atoms with Crippen LogP contribution in [-0.4, -0.2) is 58.1 Å². The second kappa shape index (κ2) is 6.76. The van der Waals surface area contributed by atoms with Gasteiger partial charge >= 0.3 is 0 Å². The number of pyridine rings is 1. The van der Waals surface area contributed by atoms with Crippen LogP contribution >= 0.6 is 0 Å². The largest absolute Gasteiger partial charge is 0.393 e. The zero-order chi connectivity index (χ0) is 16.2. The number of aromatic nitrogens is 3. The lowest BCUT2D eigenvalue weighted by Gasteiger charge is -2.32. The normalized spacial score (nSPS) is 16.3. The number of hydrogen-bond donors (Lipinski definition) is 3. The first kappa shape index (κ1) is 15.4. The lowest BCUT2D eigenvalue weighted by molar-refractivity contribution is 0.178. The molecule has 0 unspecified atom stereocenters. The Morgan fingerprint density at radius 2 is 1.83 bits per heavy atom. The minimum absolute atomic E-state index is 0.481. The van der Waals surface area contributed by atoms with Crippen LogP contribution in [0, 0.1) is 6.92 Å². The standard InChI is InChI=1S/C15H22N8/c1-11-3-4-17-12(9-11)20-14-13(16)15(19-10-18-14)21-23-7-5-22(2)6-8-23/h3-4,9-10H,5-8,16H2,1-2H3,(H2,17,18,19,20,21). The fraction of sp³-hybridized carbons (Fsp3) is 0.400. The molecular formula is C15H22N8. The number of hydrazine groups is 1. The molecule has 1 fully saturated rings. The average molecular weight is 314 g/mol. The fourth-order valence-electron chi connectivity index (χ4n) is 2.38. The highest BCUT2D eigenvalue weighted by atomic mass is 15.5. The fourth-order valence-corrected chi connectivity index (χ4v) is 2.38. The Bertz CT molecular complexity index is 666. The van der Waals surface area contributed by atoms with E-state index in [0.29, 0.717) is 23.1 Å². The van der Waals surface area contributed by atoms with Crippen LogP contribution in [0.25, 0.3) is 0 Å². The molecule has 0 aliphatic carbocycles. The van der Waals surface area contributed by atoms with E-state index in [1.54, 1.807) is 6.20 Å². The number of nitrogens with two attached hydrogens (primary N) is 1. The summed E-state index contributed by atoms with van der Waals surface area (Å²) in [5.41, 5.74) is 11.1. The van der Waals surface area contributed by atoms with E-state index >= 15 is 0 Å². The predicted molar refractivity (Wildman–Crippen MR) is 91.4 cm³/mol. The summed E-state index contributed by atoms with van der Waals surface area (Å²) in [4.78, 5) is 15.0. The average Bonchev–Trinajstić information content (AvgIpc) is 2.53. The third-order valence-electron chi connectivity index (χ3n) is 3.81. The van der Waals surface area contributed by atoms with E-state index in [9.17, 15) is 0 Å². The van der Waals surface area contributed by atoms with E-state index in [-0.39, 0.29) is 0 Å². The molecule has 8 heteroatoms. The van der Waals surface area contributed by atoms with Gasteiger partial charge in [0.25, 0.3) is 0 Å². The van der Waals surface area contributed by atoms with Gasteiger partial charge in [-0.05, 0) is 31.7 Å². The maximum atomic E-state index is 6.20. The summed E-state index contributed by atoms with van der Waals surface area (Å²) in [5, 5.41) is 5.26. The summed E-state index contributed by atoms with van der Waals surface area (Å²) in [6, 6.07) is 3.88. The Kier molecular flexibility index (Phi) is 4.54. The molecule has 0 amide bonds. The number of anilines is 4. The Morgan fingerprint density at radius 1 is 1.09 bits per heavy atom. The molecule has 0 saturated carbocycles. The van der Waals surface area contributed by atoms with Crippen molar-refractivity contribution in [3.05, 3.63) is 30.2 Å². The molecule has 3 heterocycles. The lowest BCUT2D eigenvalue weighted by atomic mass is 10.3. The second-order valence-electron chi connectivity index (χ2n) is 5.73. The summed E-state index contributed by atoms with van der Waals surface area (Å²) in [5.74, 6) is 1.87. The van der Waals surface area contributed by atoms with E-state index in [1.807, 2.05) is 19.1 Å². The molecule has 1 aliphatic rings. The molecule has 2 aromatic heterocycles. The number of piperazine rings is 1. The number of likely N-dealkylation sites (N-methyl/N-ethyl adjacent to an activating group) is 1. The van der Waals surface area contributed by atoms with Crippen LogP contribution in [0.5, 0.6) is 0 Å². The highest BCUT2D eigenvalue weighted by Gasteiger charge is 2.16. The van der Waals surface area contributed by atoms with Gasteiger partial charge in [-0.25, -0.2) is 20.0 Å². The summed E-state index contributed by atoms with van der Waals surface area (Å²) < 4.78 is 0. The van der Waals surface area contributed by atoms with Crippen molar-refractivity contribution in [1.82, 2.24) is 24.9 Å². The van der Waals surface area contributed by atoms with Gasteiger partial charge in [0.05, 0.1) is 0 Å². The smallest absolute Gasteiger partial charge is 0.169 e. The Labute approximate surface area is 135 Å². The molecule has 0 spiro atoms. The van der Waals surface area contributed by atoms with E-state index < -0.39 is 0 Å². The third kappa shape index (κ3) is 3.85. The molecule has 1 aliphatic heterocycles. The number of rotatable bonds is 4. The molecule has 122 valence electrons. The topological polar surface area (TPSA) is 95.2 Å². The van der Waals surface area contributed by atoms with Gasteiger partial charge < -0.3 is 21.4 Å². The molecule has 0 bridgehead atoms. The first-order valence-corrected chi connectivity index (χ1v) is 7.62. The molecule has 1 saturated heterocycles. The SMILES string of the molecule is Cc1ccnc(Nc2ncnc(NN3CCN(C)CC3)c2N)c1. The maximum absolute atomic E-state index is 6.20. The number of nitrogens with zero attached hydrogens (tertiary/aromatic N) is 5. The Balaban J connectivity index is 1.73.